The van der Waals surface area contributed by atoms with E-state index in [-0.39, 0.29) is 5.75 Å². The number of carbonyl (C=O) groups excluding carboxylic acids is 1. The number of phenolic OH excluding ortho intramolecular Hbond substituents is 1. The van der Waals surface area contributed by atoms with E-state index in [2.05, 4.69) is 4.98 Å². The molecule has 0 fully saturated rings. The van der Waals surface area contributed by atoms with E-state index in [0.717, 1.165) is 16.3 Å². The molecule has 0 atom stereocenters. The highest BCUT2D eigenvalue weighted by molar-refractivity contribution is 6.06. The molecule has 0 aliphatic rings. The number of rotatable bonds is 3. The van der Waals surface area contributed by atoms with Crippen molar-refractivity contribution >= 4 is 16.7 Å². The van der Waals surface area contributed by atoms with Crippen LogP contribution < -0.4 is 0 Å². The van der Waals surface area contributed by atoms with Crippen molar-refractivity contribution in [3.8, 4) is 16.9 Å². The van der Waals surface area contributed by atoms with Crippen LogP contribution in [-0.2, 0) is 4.74 Å². The lowest BCUT2D eigenvalue weighted by Gasteiger charge is -2.11. The summed E-state index contributed by atoms with van der Waals surface area (Å²) >= 11 is 0. The number of aryl methyl sites for hydroxylation is 1. The minimum absolute atomic E-state index is 0.145. The van der Waals surface area contributed by atoms with Gasteiger partial charge in [0.15, 0.2) is 0 Å². The predicted octanol–water partition coefficient (Wildman–Crippen LogP) is 4.03. The second-order valence-corrected chi connectivity index (χ2v) is 5.12. The number of aromatic hydroxyl groups is 1. The van der Waals surface area contributed by atoms with Crippen LogP contribution in [0.1, 0.15) is 23.0 Å². The lowest BCUT2D eigenvalue weighted by molar-refractivity contribution is 0.0521. The minimum Gasteiger partial charge on any atom is -0.507 e. The van der Waals surface area contributed by atoms with Crippen molar-refractivity contribution in [1.82, 2.24) is 4.98 Å². The van der Waals surface area contributed by atoms with Gasteiger partial charge in [0.05, 0.1) is 6.61 Å². The van der Waals surface area contributed by atoms with Gasteiger partial charge in [-0.15, -0.1) is 0 Å². The van der Waals surface area contributed by atoms with Gasteiger partial charge in [-0.2, -0.15) is 0 Å². The standard InChI is InChI=1S/C18H17NO3/c1-3-22-18(21)17-15(11(2)10-19-17)16-13-7-5-4-6-12(13)8-9-14(16)20/h4-10,19-20H,3H2,1-2H3. The van der Waals surface area contributed by atoms with Gasteiger partial charge in [-0.05, 0) is 36.2 Å². The minimum atomic E-state index is -0.419. The summed E-state index contributed by atoms with van der Waals surface area (Å²) in [5.74, 6) is -0.273. The summed E-state index contributed by atoms with van der Waals surface area (Å²) in [5, 5.41) is 12.3. The number of carbonyl (C=O) groups is 1. The van der Waals surface area contributed by atoms with Crippen LogP contribution in [0.2, 0.25) is 0 Å². The van der Waals surface area contributed by atoms with Gasteiger partial charge in [-0.1, -0.05) is 30.3 Å². The van der Waals surface area contributed by atoms with E-state index in [1.807, 2.05) is 37.3 Å². The lowest BCUT2D eigenvalue weighted by atomic mass is 9.95. The molecular formula is C18H17NO3. The number of hydrogen-bond acceptors (Lipinski definition) is 3. The van der Waals surface area contributed by atoms with Gasteiger partial charge in [0.1, 0.15) is 11.4 Å². The summed E-state index contributed by atoms with van der Waals surface area (Å²) in [5.41, 5.74) is 2.59. The molecule has 0 saturated heterocycles. The third kappa shape index (κ3) is 2.22. The first-order valence-corrected chi connectivity index (χ1v) is 7.19. The van der Waals surface area contributed by atoms with Gasteiger partial charge < -0.3 is 14.8 Å². The largest absolute Gasteiger partial charge is 0.507 e. The monoisotopic (exact) mass is 295 g/mol. The molecule has 1 aromatic heterocycles. The van der Waals surface area contributed by atoms with Crippen molar-refractivity contribution < 1.29 is 14.6 Å². The first-order chi connectivity index (χ1) is 10.6. The van der Waals surface area contributed by atoms with Crippen LogP contribution in [0.4, 0.5) is 0 Å². The highest BCUT2D eigenvalue weighted by atomic mass is 16.5. The molecule has 22 heavy (non-hydrogen) atoms. The molecule has 1 heterocycles. The molecule has 4 heteroatoms. The Hall–Kier alpha value is -2.75. The molecule has 0 bridgehead atoms. The van der Waals surface area contributed by atoms with Gasteiger partial charge in [0, 0.05) is 17.3 Å². The van der Waals surface area contributed by atoms with Crippen LogP contribution in [0.15, 0.2) is 42.6 Å². The Bertz CT molecular complexity index is 849. The number of H-pyrrole nitrogens is 1. The van der Waals surface area contributed by atoms with E-state index in [0.29, 0.717) is 23.4 Å². The van der Waals surface area contributed by atoms with Crippen LogP contribution in [0, 0.1) is 6.92 Å². The molecule has 4 nitrogen and oxygen atoms in total. The average Bonchev–Trinajstić information content (AvgIpc) is 2.89. The summed E-state index contributed by atoms with van der Waals surface area (Å²) in [6, 6.07) is 11.3. The van der Waals surface area contributed by atoms with Gasteiger partial charge in [-0.25, -0.2) is 4.79 Å². The molecule has 0 spiro atoms. The summed E-state index contributed by atoms with van der Waals surface area (Å²) in [6.07, 6.45) is 1.75. The molecule has 2 aromatic carbocycles. The van der Waals surface area contributed by atoms with Crippen molar-refractivity contribution in [3.05, 3.63) is 53.9 Å². The number of fused-ring (bicyclic) bond motifs is 1. The molecule has 0 unspecified atom stereocenters. The first kappa shape index (κ1) is 14.2. The SMILES string of the molecule is CCOC(=O)c1[nH]cc(C)c1-c1c(O)ccc2ccccc12. The normalized spacial score (nSPS) is 10.8. The number of aromatic amines is 1. The number of phenols is 1. The average molecular weight is 295 g/mol. The highest BCUT2D eigenvalue weighted by Crippen LogP contribution is 2.39. The van der Waals surface area contributed by atoms with Crippen molar-refractivity contribution in [2.75, 3.05) is 6.61 Å². The van der Waals surface area contributed by atoms with E-state index >= 15 is 0 Å². The van der Waals surface area contributed by atoms with E-state index in [1.165, 1.54) is 0 Å². The van der Waals surface area contributed by atoms with Gasteiger partial charge >= 0.3 is 5.97 Å². The molecule has 0 saturated carbocycles. The molecular weight excluding hydrogens is 278 g/mol. The zero-order valence-electron chi connectivity index (χ0n) is 12.5. The molecule has 2 N–H and O–H groups in total. The third-order valence-corrected chi connectivity index (χ3v) is 3.71. The zero-order valence-corrected chi connectivity index (χ0v) is 12.5. The molecule has 0 radical (unpaired) electrons. The van der Waals surface area contributed by atoms with Gasteiger partial charge in [0.25, 0.3) is 0 Å². The fourth-order valence-corrected chi connectivity index (χ4v) is 2.73. The molecule has 3 rings (SSSR count). The highest BCUT2D eigenvalue weighted by Gasteiger charge is 2.22. The summed E-state index contributed by atoms with van der Waals surface area (Å²) in [6.45, 7) is 3.97. The van der Waals surface area contributed by atoms with Crippen LogP contribution in [0.5, 0.6) is 5.75 Å². The number of esters is 1. The van der Waals surface area contributed by atoms with Crippen molar-refractivity contribution in [1.29, 1.82) is 0 Å². The van der Waals surface area contributed by atoms with Crippen molar-refractivity contribution in [2.24, 2.45) is 0 Å². The summed E-state index contributed by atoms with van der Waals surface area (Å²) in [7, 11) is 0. The molecule has 3 aromatic rings. The van der Waals surface area contributed by atoms with Crippen LogP contribution >= 0.6 is 0 Å². The maximum absolute atomic E-state index is 12.2. The molecule has 112 valence electrons. The van der Waals surface area contributed by atoms with E-state index in [9.17, 15) is 9.90 Å². The molecule has 0 aliphatic heterocycles. The van der Waals surface area contributed by atoms with E-state index in [4.69, 9.17) is 4.74 Å². The maximum atomic E-state index is 12.2. The molecule has 0 aliphatic carbocycles. The Morgan fingerprint density at radius 2 is 1.95 bits per heavy atom. The smallest absolute Gasteiger partial charge is 0.355 e. The number of hydrogen-bond donors (Lipinski definition) is 2. The third-order valence-electron chi connectivity index (χ3n) is 3.71. The fraction of sp³-hybridized carbons (Fsp3) is 0.167. The Balaban J connectivity index is 2.31. The zero-order chi connectivity index (χ0) is 15.7. The second kappa shape index (κ2) is 5.56. The first-order valence-electron chi connectivity index (χ1n) is 7.19. The van der Waals surface area contributed by atoms with E-state index in [1.54, 1.807) is 19.2 Å². The molecule has 0 amide bonds. The Morgan fingerprint density at radius 3 is 2.73 bits per heavy atom. The Kier molecular flexibility index (Phi) is 3.59. The lowest BCUT2D eigenvalue weighted by Crippen LogP contribution is -2.06. The summed E-state index contributed by atoms with van der Waals surface area (Å²) < 4.78 is 5.10. The van der Waals surface area contributed by atoms with Gasteiger partial charge in [-0.3, -0.25) is 0 Å². The maximum Gasteiger partial charge on any atom is 0.355 e. The van der Waals surface area contributed by atoms with Crippen LogP contribution in [0.3, 0.4) is 0 Å². The predicted molar refractivity (Wildman–Crippen MR) is 86.1 cm³/mol. The second-order valence-electron chi connectivity index (χ2n) is 5.12. The fourth-order valence-electron chi connectivity index (χ4n) is 2.73. The van der Waals surface area contributed by atoms with Crippen LogP contribution in [-0.4, -0.2) is 22.7 Å². The van der Waals surface area contributed by atoms with Gasteiger partial charge in [0.2, 0.25) is 0 Å². The van der Waals surface area contributed by atoms with Crippen molar-refractivity contribution in [2.45, 2.75) is 13.8 Å². The van der Waals surface area contributed by atoms with Crippen LogP contribution in [0.25, 0.3) is 21.9 Å². The number of aromatic nitrogens is 1. The quantitative estimate of drug-likeness (QED) is 0.717. The topological polar surface area (TPSA) is 62.3 Å². The number of benzene rings is 2. The summed E-state index contributed by atoms with van der Waals surface area (Å²) in [4.78, 5) is 15.1. The van der Waals surface area contributed by atoms with E-state index < -0.39 is 5.97 Å². The number of ether oxygens (including phenoxy) is 1. The van der Waals surface area contributed by atoms with Crippen molar-refractivity contribution in [3.63, 3.8) is 0 Å². The Labute approximate surface area is 128 Å². The Morgan fingerprint density at radius 1 is 1.18 bits per heavy atom. The number of nitrogens with one attached hydrogen (secondary N) is 1.